The van der Waals surface area contributed by atoms with Gasteiger partial charge in [-0.1, -0.05) is 17.7 Å². The third-order valence-electron chi connectivity index (χ3n) is 2.68. The molecule has 19 heavy (non-hydrogen) atoms. The van der Waals surface area contributed by atoms with E-state index in [2.05, 4.69) is 4.98 Å². The van der Waals surface area contributed by atoms with Crippen LogP contribution >= 0.6 is 11.6 Å². The lowest BCUT2D eigenvalue weighted by Gasteiger charge is -2.05. The Hall–Kier alpha value is -2.07. The van der Waals surface area contributed by atoms with Gasteiger partial charge in [-0.05, 0) is 30.3 Å². The number of fused-ring (bicyclic) bond motifs is 1. The van der Waals surface area contributed by atoms with Crippen molar-refractivity contribution >= 4 is 17.2 Å². The maximum absolute atomic E-state index is 12.9. The minimum Gasteiger partial charge on any atom is -0.486 e. The van der Waals surface area contributed by atoms with Crippen LogP contribution in [0.15, 0.2) is 48.8 Å². The first-order chi connectivity index (χ1) is 9.22. The molecule has 0 bridgehead atoms. The van der Waals surface area contributed by atoms with Crippen LogP contribution in [0, 0.1) is 5.82 Å². The van der Waals surface area contributed by atoms with E-state index < -0.39 is 0 Å². The Morgan fingerprint density at radius 3 is 2.95 bits per heavy atom. The van der Waals surface area contributed by atoms with E-state index >= 15 is 0 Å². The van der Waals surface area contributed by atoms with E-state index in [9.17, 15) is 4.39 Å². The van der Waals surface area contributed by atoms with Crippen LogP contribution in [0.4, 0.5) is 4.39 Å². The third kappa shape index (κ3) is 2.53. The number of ether oxygens (including phenoxy) is 1. The van der Waals surface area contributed by atoms with E-state index in [1.54, 1.807) is 0 Å². The fourth-order valence-electron chi connectivity index (χ4n) is 1.80. The summed E-state index contributed by atoms with van der Waals surface area (Å²) in [4.78, 5) is 4.40. The highest BCUT2D eigenvalue weighted by Gasteiger charge is 2.05. The normalized spacial score (nSPS) is 10.8. The summed E-state index contributed by atoms with van der Waals surface area (Å²) in [5.74, 6) is 0.0604. The Labute approximate surface area is 114 Å². The number of hydrogen-bond acceptors (Lipinski definition) is 2. The Balaban J connectivity index is 1.78. The summed E-state index contributed by atoms with van der Waals surface area (Å²) in [6, 6.07) is 9.80. The van der Waals surface area contributed by atoms with Gasteiger partial charge in [-0.3, -0.25) is 0 Å². The molecule has 0 aliphatic rings. The monoisotopic (exact) mass is 276 g/mol. The minimum absolute atomic E-state index is 0.253. The SMILES string of the molecule is Fc1ccc(OCc2cn3ccccc3n2)c(Cl)c1. The minimum atomic E-state index is -0.384. The fraction of sp³-hybridized carbons (Fsp3) is 0.0714. The molecule has 2 heterocycles. The summed E-state index contributed by atoms with van der Waals surface area (Å²) in [5, 5.41) is 0.253. The van der Waals surface area contributed by atoms with Crippen molar-refractivity contribution in [3.05, 3.63) is 65.3 Å². The molecule has 0 spiro atoms. The number of halogens is 2. The second kappa shape index (κ2) is 4.90. The van der Waals surface area contributed by atoms with Gasteiger partial charge in [0.1, 0.15) is 23.8 Å². The molecule has 96 valence electrons. The third-order valence-corrected chi connectivity index (χ3v) is 2.98. The molecule has 1 aromatic carbocycles. The first-order valence-corrected chi connectivity index (χ1v) is 6.10. The summed E-state index contributed by atoms with van der Waals surface area (Å²) >= 11 is 5.88. The average Bonchev–Trinajstić information content (AvgIpc) is 2.80. The second-order valence-corrected chi connectivity index (χ2v) is 4.47. The predicted molar refractivity (Wildman–Crippen MR) is 70.9 cm³/mol. The van der Waals surface area contributed by atoms with Gasteiger partial charge in [-0.15, -0.1) is 0 Å². The molecule has 3 aromatic rings. The molecule has 5 heteroatoms. The summed E-state index contributed by atoms with van der Waals surface area (Å²) < 4.78 is 20.3. The van der Waals surface area contributed by atoms with Crippen LogP contribution in [0.1, 0.15) is 5.69 Å². The maximum atomic E-state index is 12.9. The number of nitrogens with zero attached hydrogens (tertiary/aromatic N) is 2. The average molecular weight is 277 g/mol. The molecule has 0 saturated carbocycles. The van der Waals surface area contributed by atoms with Crippen molar-refractivity contribution in [3.63, 3.8) is 0 Å². The van der Waals surface area contributed by atoms with Crippen LogP contribution in [-0.4, -0.2) is 9.38 Å². The standard InChI is InChI=1S/C14H10ClFN2O/c15-12-7-10(16)4-5-13(12)19-9-11-8-18-6-2-1-3-14(18)17-11/h1-8H,9H2. The van der Waals surface area contributed by atoms with Crippen LogP contribution in [0.25, 0.3) is 5.65 Å². The smallest absolute Gasteiger partial charge is 0.138 e. The first kappa shape index (κ1) is 12.0. The van der Waals surface area contributed by atoms with E-state index in [0.29, 0.717) is 5.75 Å². The molecule has 0 aliphatic heterocycles. The summed E-state index contributed by atoms with van der Waals surface area (Å²) in [5.41, 5.74) is 1.64. The lowest BCUT2D eigenvalue weighted by molar-refractivity contribution is 0.302. The summed E-state index contributed by atoms with van der Waals surface area (Å²) in [6.45, 7) is 0.285. The maximum Gasteiger partial charge on any atom is 0.138 e. The molecule has 0 fully saturated rings. The first-order valence-electron chi connectivity index (χ1n) is 5.73. The van der Waals surface area contributed by atoms with Gasteiger partial charge in [0, 0.05) is 12.4 Å². The van der Waals surface area contributed by atoms with Crippen LogP contribution in [0.5, 0.6) is 5.75 Å². The van der Waals surface area contributed by atoms with Crippen molar-refractivity contribution in [1.82, 2.24) is 9.38 Å². The molecule has 0 aliphatic carbocycles. The highest BCUT2D eigenvalue weighted by Crippen LogP contribution is 2.25. The van der Waals surface area contributed by atoms with Crippen molar-refractivity contribution in [2.75, 3.05) is 0 Å². The van der Waals surface area contributed by atoms with Crippen LogP contribution < -0.4 is 4.74 Å². The largest absolute Gasteiger partial charge is 0.486 e. The number of hydrogen-bond donors (Lipinski definition) is 0. The van der Waals surface area contributed by atoms with Gasteiger partial charge in [-0.2, -0.15) is 0 Å². The molecule has 3 nitrogen and oxygen atoms in total. The number of pyridine rings is 1. The zero-order valence-electron chi connectivity index (χ0n) is 9.88. The fourth-order valence-corrected chi connectivity index (χ4v) is 2.02. The molecule has 0 N–H and O–H groups in total. The molecule has 0 amide bonds. The highest BCUT2D eigenvalue weighted by molar-refractivity contribution is 6.32. The van der Waals surface area contributed by atoms with Crippen molar-refractivity contribution < 1.29 is 9.13 Å². The molecule has 3 rings (SSSR count). The molecule has 0 atom stereocenters. The van der Waals surface area contributed by atoms with Gasteiger partial charge in [0.15, 0.2) is 0 Å². The van der Waals surface area contributed by atoms with Crippen LogP contribution in [0.3, 0.4) is 0 Å². The molecule has 0 unspecified atom stereocenters. The number of rotatable bonds is 3. The van der Waals surface area contributed by atoms with Crippen LogP contribution in [0.2, 0.25) is 5.02 Å². The van der Waals surface area contributed by atoms with Gasteiger partial charge in [-0.25, -0.2) is 9.37 Å². The van der Waals surface area contributed by atoms with Crippen molar-refractivity contribution in [1.29, 1.82) is 0 Å². The van der Waals surface area contributed by atoms with E-state index in [-0.39, 0.29) is 17.4 Å². The molecule has 0 radical (unpaired) electrons. The molecule has 2 aromatic heterocycles. The van der Waals surface area contributed by atoms with E-state index in [1.165, 1.54) is 18.2 Å². The lowest BCUT2D eigenvalue weighted by Crippen LogP contribution is -1.96. The van der Waals surface area contributed by atoms with Gasteiger partial charge in [0.05, 0.1) is 10.7 Å². The molecular weight excluding hydrogens is 267 g/mol. The van der Waals surface area contributed by atoms with E-state index in [4.69, 9.17) is 16.3 Å². The van der Waals surface area contributed by atoms with Gasteiger partial charge >= 0.3 is 0 Å². The van der Waals surface area contributed by atoms with Crippen molar-refractivity contribution in [3.8, 4) is 5.75 Å². The zero-order chi connectivity index (χ0) is 13.2. The lowest BCUT2D eigenvalue weighted by atomic mass is 10.3. The molecular formula is C14H10ClFN2O. The van der Waals surface area contributed by atoms with Crippen molar-refractivity contribution in [2.24, 2.45) is 0 Å². The second-order valence-electron chi connectivity index (χ2n) is 4.06. The number of aromatic nitrogens is 2. The van der Waals surface area contributed by atoms with Crippen LogP contribution in [-0.2, 0) is 6.61 Å². The van der Waals surface area contributed by atoms with Gasteiger partial charge in [0.2, 0.25) is 0 Å². The molecule has 0 saturated heterocycles. The zero-order valence-corrected chi connectivity index (χ0v) is 10.6. The quantitative estimate of drug-likeness (QED) is 0.729. The van der Waals surface area contributed by atoms with E-state index in [1.807, 2.05) is 35.0 Å². The van der Waals surface area contributed by atoms with E-state index in [0.717, 1.165) is 11.3 Å². The summed E-state index contributed by atoms with van der Waals surface area (Å²) in [6.07, 6.45) is 3.80. The van der Waals surface area contributed by atoms with Crippen molar-refractivity contribution in [2.45, 2.75) is 6.61 Å². The van der Waals surface area contributed by atoms with Gasteiger partial charge < -0.3 is 9.14 Å². The Morgan fingerprint density at radius 1 is 1.26 bits per heavy atom. The van der Waals surface area contributed by atoms with Gasteiger partial charge in [0.25, 0.3) is 0 Å². The Bertz CT molecular complexity index is 693. The Kier molecular flexibility index (Phi) is 3.09. The predicted octanol–water partition coefficient (Wildman–Crippen LogP) is 3.71. The Morgan fingerprint density at radius 2 is 2.16 bits per heavy atom. The highest BCUT2D eigenvalue weighted by atomic mass is 35.5. The topological polar surface area (TPSA) is 26.5 Å². The number of benzene rings is 1. The number of imidazole rings is 1. The summed E-state index contributed by atoms with van der Waals surface area (Å²) in [7, 11) is 0.